The highest BCUT2D eigenvalue weighted by molar-refractivity contribution is 5.91. The van der Waals surface area contributed by atoms with Crippen molar-refractivity contribution in [3.63, 3.8) is 0 Å². The van der Waals surface area contributed by atoms with Crippen molar-refractivity contribution in [2.75, 3.05) is 13.6 Å². The number of halogens is 1. The Bertz CT molecular complexity index is 434. The summed E-state index contributed by atoms with van der Waals surface area (Å²) in [6.07, 6.45) is 1.75. The number of rotatable bonds is 4. The van der Waals surface area contributed by atoms with E-state index in [4.69, 9.17) is 0 Å². The minimum absolute atomic E-state index is 0.169. The molecule has 98 valence electrons. The third-order valence-corrected chi connectivity index (χ3v) is 3.54. The van der Waals surface area contributed by atoms with Crippen LogP contribution in [0.15, 0.2) is 24.3 Å². The number of benzene rings is 1. The van der Waals surface area contributed by atoms with Crippen LogP contribution in [0.2, 0.25) is 0 Å². The van der Waals surface area contributed by atoms with Crippen molar-refractivity contribution in [2.45, 2.75) is 32.1 Å². The molecule has 1 aromatic carbocycles. The fraction of sp³-hybridized carbons (Fsp3) is 0.533. The molecule has 0 bridgehead atoms. The van der Waals surface area contributed by atoms with Gasteiger partial charge in [0.2, 0.25) is 5.91 Å². The molecule has 0 unspecified atom stereocenters. The van der Waals surface area contributed by atoms with Crippen molar-refractivity contribution < 1.29 is 9.18 Å². The molecule has 1 fully saturated rings. The van der Waals surface area contributed by atoms with E-state index < -0.39 is 0 Å². The van der Waals surface area contributed by atoms with Crippen molar-refractivity contribution in [1.29, 1.82) is 0 Å². The van der Waals surface area contributed by atoms with E-state index >= 15 is 0 Å². The van der Waals surface area contributed by atoms with Crippen molar-refractivity contribution in [2.24, 2.45) is 5.92 Å². The number of carbonyl (C=O) groups excluding carboxylic acids is 1. The van der Waals surface area contributed by atoms with Gasteiger partial charge in [0.25, 0.3) is 0 Å². The average Bonchev–Trinajstić information content (AvgIpc) is 3.09. The lowest BCUT2D eigenvalue weighted by atomic mass is 9.94. The predicted octanol–water partition coefficient (Wildman–Crippen LogP) is 2.97. The zero-order valence-electron chi connectivity index (χ0n) is 11.2. The number of carbonyl (C=O) groups is 1. The zero-order valence-corrected chi connectivity index (χ0v) is 11.2. The number of hydrogen-bond acceptors (Lipinski definition) is 1. The number of likely N-dealkylation sites (N-methyl/N-ethyl adjacent to an activating group) is 1. The number of nitrogens with zero attached hydrogens (tertiary/aromatic N) is 1. The van der Waals surface area contributed by atoms with Crippen LogP contribution in [0.25, 0.3) is 0 Å². The lowest BCUT2D eigenvalue weighted by Gasteiger charge is -2.25. The Labute approximate surface area is 108 Å². The maximum atomic E-state index is 12.9. The molecule has 3 heteroatoms. The van der Waals surface area contributed by atoms with Crippen LogP contribution >= 0.6 is 0 Å². The molecule has 0 radical (unpaired) electrons. The smallest absolute Gasteiger partial charge is 0.232 e. The molecule has 1 aliphatic carbocycles. The van der Waals surface area contributed by atoms with Gasteiger partial charge in [-0.2, -0.15) is 0 Å². The normalized spacial score (nSPS) is 16.7. The van der Waals surface area contributed by atoms with Gasteiger partial charge in [0.05, 0.1) is 5.41 Å². The van der Waals surface area contributed by atoms with Crippen molar-refractivity contribution in [1.82, 2.24) is 4.90 Å². The first kappa shape index (κ1) is 13.1. The number of amides is 1. The first-order chi connectivity index (χ1) is 8.45. The quantitative estimate of drug-likeness (QED) is 0.803. The van der Waals surface area contributed by atoms with E-state index in [0.29, 0.717) is 5.92 Å². The molecule has 0 N–H and O–H groups in total. The van der Waals surface area contributed by atoms with E-state index in [0.717, 1.165) is 24.9 Å². The molecule has 1 aromatic rings. The molecule has 0 heterocycles. The molecule has 0 aliphatic heterocycles. The Morgan fingerprint density at radius 2 is 1.89 bits per heavy atom. The molecule has 0 saturated heterocycles. The van der Waals surface area contributed by atoms with Crippen LogP contribution in [0.1, 0.15) is 32.3 Å². The van der Waals surface area contributed by atoms with E-state index in [-0.39, 0.29) is 17.1 Å². The summed E-state index contributed by atoms with van der Waals surface area (Å²) in [5, 5.41) is 0. The Kier molecular flexibility index (Phi) is 3.42. The van der Waals surface area contributed by atoms with Gasteiger partial charge >= 0.3 is 0 Å². The highest BCUT2D eigenvalue weighted by Gasteiger charge is 2.52. The van der Waals surface area contributed by atoms with Crippen molar-refractivity contribution >= 4 is 5.91 Å². The predicted molar refractivity (Wildman–Crippen MR) is 69.8 cm³/mol. The van der Waals surface area contributed by atoms with Crippen molar-refractivity contribution in [3.8, 4) is 0 Å². The molecular weight excluding hydrogens is 229 g/mol. The average molecular weight is 249 g/mol. The fourth-order valence-corrected chi connectivity index (χ4v) is 2.52. The van der Waals surface area contributed by atoms with E-state index in [9.17, 15) is 9.18 Å². The van der Waals surface area contributed by atoms with Gasteiger partial charge in [0, 0.05) is 13.6 Å². The molecule has 1 aliphatic rings. The molecule has 18 heavy (non-hydrogen) atoms. The highest BCUT2D eigenvalue weighted by atomic mass is 19.1. The first-order valence-corrected chi connectivity index (χ1v) is 6.47. The first-order valence-electron chi connectivity index (χ1n) is 6.47. The summed E-state index contributed by atoms with van der Waals surface area (Å²) in [5.74, 6) is 0.378. The third kappa shape index (κ3) is 2.40. The third-order valence-electron chi connectivity index (χ3n) is 3.54. The van der Waals surface area contributed by atoms with E-state index in [1.54, 1.807) is 17.0 Å². The van der Waals surface area contributed by atoms with Gasteiger partial charge in [0.1, 0.15) is 5.82 Å². The molecule has 2 nitrogen and oxygen atoms in total. The second-order valence-corrected chi connectivity index (χ2v) is 5.67. The van der Waals surface area contributed by atoms with E-state index in [2.05, 4.69) is 13.8 Å². The van der Waals surface area contributed by atoms with Gasteiger partial charge in [0.15, 0.2) is 0 Å². The monoisotopic (exact) mass is 249 g/mol. The van der Waals surface area contributed by atoms with Crippen LogP contribution in [0.5, 0.6) is 0 Å². The molecule has 1 amide bonds. The summed E-state index contributed by atoms with van der Waals surface area (Å²) in [4.78, 5) is 14.3. The van der Waals surface area contributed by atoms with Crippen LogP contribution in [0.4, 0.5) is 4.39 Å². The van der Waals surface area contributed by atoms with Gasteiger partial charge in [-0.3, -0.25) is 4.79 Å². The zero-order chi connectivity index (χ0) is 13.3. The summed E-state index contributed by atoms with van der Waals surface area (Å²) in [6, 6.07) is 6.35. The van der Waals surface area contributed by atoms with Gasteiger partial charge in [-0.05, 0) is 36.5 Å². The molecule has 1 saturated carbocycles. The van der Waals surface area contributed by atoms with Crippen LogP contribution in [-0.2, 0) is 10.2 Å². The summed E-state index contributed by atoms with van der Waals surface area (Å²) >= 11 is 0. The minimum atomic E-state index is -0.378. The summed E-state index contributed by atoms with van der Waals surface area (Å²) < 4.78 is 12.9. The summed E-state index contributed by atoms with van der Waals surface area (Å²) in [5.41, 5.74) is 0.571. The van der Waals surface area contributed by atoms with E-state index in [1.165, 1.54) is 12.1 Å². The Morgan fingerprint density at radius 1 is 1.33 bits per heavy atom. The van der Waals surface area contributed by atoms with E-state index in [1.807, 2.05) is 7.05 Å². The second kappa shape index (κ2) is 4.71. The molecule has 0 aromatic heterocycles. The van der Waals surface area contributed by atoms with Gasteiger partial charge in [-0.25, -0.2) is 4.39 Å². The van der Waals surface area contributed by atoms with Crippen LogP contribution in [0, 0.1) is 11.7 Å². The summed E-state index contributed by atoms with van der Waals surface area (Å²) in [7, 11) is 1.85. The van der Waals surface area contributed by atoms with Gasteiger partial charge < -0.3 is 4.90 Å². The van der Waals surface area contributed by atoms with Crippen molar-refractivity contribution in [3.05, 3.63) is 35.6 Å². The van der Waals surface area contributed by atoms with Gasteiger partial charge in [-0.15, -0.1) is 0 Å². The Balaban J connectivity index is 2.16. The number of hydrogen-bond donors (Lipinski definition) is 0. The Morgan fingerprint density at radius 3 is 2.33 bits per heavy atom. The minimum Gasteiger partial charge on any atom is -0.345 e. The maximum absolute atomic E-state index is 12.9. The SMILES string of the molecule is CC(C)CN(C)C(=O)C1(c2ccc(F)cc2)CC1. The van der Waals surface area contributed by atoms with Gasteiger partial charge in [-0.1, -0.05) is 26.0 Å². The fourth-order valence-electron chi connectivity index (χ4n) is 2.52. The maximum Gasteiger partial charge on any atom is 0.232 e. The highest BCUT2D eigenvalue weighted by Crippen LogP contribution is 2.49. The topological polar surface area (TPSA) is 20.3 Å². The lowest BCUT2D eigenvalue weighted by molar-refractivity contribution is -0.133. The second-order valence-electron chi connectivity index (χ2n) is 5.67. The molecule has 0 atom stereocenters. The lowest BCUT2D eigenvalue weighted by Crippen LogP contribution is -2.38. The van der Waals surface area contributed by atoms with Crippen LogP contribution < -0.4 is 0 Å². The molecule has 0 spiro atoms. The largest absolute Gasteiger partial charge is 0.345 e. The molecular formula is C15H20FNO. The Hall–Kier alpha value is -1.38. The molecule has 2 rings (SSSR count). The summed E-state index contributed by atoms with van der Waals surface area (Å²) in [6.45, 7) is 4.96. The van der Waals surface area contributed by atoms with Crippen LogP contribution in [0.3, 0.4) is 0 Å². The standard InChI is InChI=1S/C15H20FNO/c1-11(2)10-17(3)14(18)15(8-9-15)12-4-6-13(16)7-5-12/h4-7,11H,8-10H2,1-3H3. The van der Waals surface area contributed by atoms with Crippen LogP contribution in [-0.4, -0.2) is 24.4 Å².